The molecule has 4 rings (SSSR count). The number of nitrogens with one attached hydrogen (secondary N) is 1. The van der Waals surface area contributed by atoms with Crippen LogP contribution in [0.1, 0.15) is 24.2 Å². The second-order valence-electron chi connectivity index (χ2n) is 7.15. The molecule has 0 saturated heterocycles. The van der Waals surface area contributed by atoms with E-state index in [1.165, 1.54) is 18.3 Å². The van der Waals surface area contributed by atoms with E-state index >= 15 is 0 Å². The zero-order chi connectivity index (χ0) is 22.8. The summed E-state index contributed by atoms with van der Waals surface area (Å²) in [7, 11) is 0. The summed E-state index contributed by atoms with van der Waals surface area (Å²) in [6.45, 7) is 3.20. The molecule has 3 N–H and O–H groups in total. The molecule has 9 heteroatoms. The number of thiophene rings is 1. The first-order valence-electron chi connectivity index (χ1n) is 9.78. The van der Waals surface area contributed by atoms with E-state index in [1.54, 1.807) is 31.2 Å². The van der Waals surface area contributed by atoms with Crippen molar-refractivity contribution in [1.29, 1.82) is 0 Å². The number of Topliss-reactive ketones (excluding diaryl/α,β-unsaturated/α-hetero) is 1. The Kier molecular flexibility index (Phi) is 6.11. The van der Waals surface area contributed by atoms with Crippen molar-refractivity contribution < 1.29 is 9.59 Å². The highest BCUT2D eigenvalue weighted by Gasteiger charge is 2.21. The maximum absolute atomic E-state index is 13.0. The normalized spacial score (nSPS) is 11.9. The zero-order valence-corrected chi connectivity index (χ0v) is 19.0. The first-order valence-corrected chi connectivity index (χ1v) is 11.5. The van der Waals surface area contributed by atoms with Crippen molar-refractivity contribution in [3.8, 4) is 11.1 Å². The first-order chi connectivity index (χ1) is 15.3. The number of anilines is 1. The second-order valence-corrected chi connectivity index (χ2v) is 9.31. The van der Waals surface area contributed by atoms with Crippen LogP contribution in [0.3, 0.4) is 0 Å². The van der Waals surface area contributed by atoms with Crippen LogP contribution in [0.2, 0.25) is 0 Å². The summed E-state index contributed by atoms with van der Waals surface area (Å²) in [4.78, 5) is 42.1. The summed E-state index contributed by atoms with van der Waals surface area (Å²) < 4.78 is 0.998. The van der Waals surface area contributed by atoms with Gasteiger partial charge in [0, 0.05) is 22.2 Å². The second kappa shape index (κ2) is 8.97. The number of thioether (sulfide) groups is 1. The number of hydrogen-bond donors (Lipinski definition) is 2. The number of benzene rings is 2. The predicted octanol–water partition coefficient (Wildman–Crippen LogP) is 4.16. The molecule has 2 aromatic carbocycles. The van der Waals surface area contributed by atoms with E-state index in [1.807, 2.05) is 35.7 Å². The van der Waals surface area contributed by atoms with E-state index in [0.29, 0.717) is 21.5 Å². The molecule has 1 unspecified atom stereocenters. The van der Waals surface area contributed by atoms with Gasteiger partial charge in [-0.15, -0.1) is 11.3 Å². The molecule has 0 saturated carbocycles. The minimum Gasteiger partial charge on any atom is -0.334 e. The van der Waals surface area contributed by atoms with Crippen LogP contribution < -0.4 is 16.7 Å². The van der Waals surface area contributed by atoms with Gasteiger partial charge in [-0.25, -0.2) is 9.66 Å². The Morgan fingerprint density at radius 1 is 1.12 bits per heavy atom. The molecular weight excluding hydrogens is 444 g/mol. The molecule has 2 heterocycles. The molecule has 0 aliphatic carbocycles. The third-order valence-corrected chi connectivity index (χ3v) is 6.84. The van der Waals surface area contributed by atoms with E-state index < -0.39 is 5.25 Å². The van der Waals surface area contributed by atoms with Crippen molar-refractivity contribution in [3.63, 3.8) is 0 Å². The number of amides is 1. The van der Waals surface area contributed by atoms with E-state index in [9.17, 15) is 14.4 Å². The lowest BCUT2D eigenvalue weighted by molar-refractivity contribution is -0.115. The third kappa shape index (κ3) is 4.30. The summed E-state index contributed by atoms with van der Waals surface area (Å²) >= 11 is 2.47. The lowest BCUT2D eigenvalue weighted by Gasteiger charge is -2.13. The SMILES string of the molecule is CC(=O)c1ccc(NC(=O)C(C)Sc2nc3scc(-c4ccccc4)c3c(=O)n2N)cc1. The number of fused-ring (bicyclic) bond motifs is 1. The van der Waals surface area contributed by atoms with Gasteiger partial charge in [-0.1, -0.05) is 42.1 Å². The van der Waals surface area contributed by atoms with Gasteiger partial charge < -0.3 is 11.2 Å². The molecule has 0 fully saturated rings. The maximum atomic E-state index is 13.0. The van der Waals surface area contributed by atoms with Crippen LogP contribution in [-0.2, 0) is 4.79 Å². The van der Waals surface area contributed by atoms with E-state index in [2.05, 4.69) is 10.3 Å². The molecule has 0 bridgehead atoms. The Bertz CT molecular complexity index is 1360. The number of nitrogens with zero attached hydrogens (tertiary/aromatic N) is 2. The molecule has 162 valence electrons. The van der Waals surface area contributed by atoms with Crippen LogP contribution in [0.4, 0.5) is 5.69 Å². The van der Waals surface area contributed by atoms with E-state index in [0.717, 1.165) is 27.6 Å². The van der Waals surface area contributed by atoms with E-state index in [4.69, 9.17) is 5.84 Å². The molecule has 4 aromatic rings. The van der Waals surface area contributed by atoms with Gasteiger partial charge in [0.2, 0.25) is 5.91 Å². The van der Waals surface area contributed by atoms with Crippen molar-refractivity contribution in [2.24, 2.45) is 0 Å². The summed E-state index contributed by atoms with van der Waals surface area (Å²) in [5.41, 5.74) is 2.50. The Labute approximate surface area is 192 Å². The molecule has 2 aromatic heterocycles. The average Bonchev–Trinajstić information content (AvgIpc) is 3.22. The molecule has 32 heavy (non-hydrogen) atoms. The van der Waals surface area contributed by atoms with Crippen molar-refractivity contribution in [3.05, 3.63) is 75.9 Å². The fourth-order valence-electron chi connectivity index (χ4n) is 3.14. The monoisotopic (exact) mass is 464 g/mol. The number of aromatic nitrogens is 2. The highest BCUT2D eigenvalue weighted by molar-refractivity contribution is 8.00. The van der Waals surface area contributed by atoms with Gasteiger partial charge >= 0.3 is 0 Å². The maximum Gasteiger partial charge on any atom is 0.282 e. The van der Waals surface area contributed by atoms with Gasteiger partial charge in [0.1, 0.15) is 4.83 Å². The van der Waals surface area contributed by atoms with Gasteiger partial charge in [0.15, 0.2) is 10.9 Å². The number of ketones is 1. The standard InChI is InChI=1S/C23H20N4O3S2/c1-13(28)15-8-10-17(11-9-15)25-20(29)14(2)32-23-26-21-19(22(30)27(23)24)18(12-31-21)16-6-4-3-5-7-16/h3-12,14H,24H2,1-2H3,(H,25,29). The number of nitrogen functional groups attached to an aromatic ring is 1. The molecular formula is C23H20N4O3S2. The van der Waals surface area contributed by atoms with Crippen LogP contribution in [-0.4, -0.2) is 26.6 Å². The summed E-state index contributed by atoms with van der Waals surface area (Å²) in [5, 5.41) is 4.86. The number of rotatable bonds is 6. The predicted molar refractivity (Wildman–Crippen MR) is 130 cm³/mol. The van der Waals surface area contributed by atoms with Crippen LogP contribution in [0.15, 0.2) is 69.9 Å². The highest BCUT2D eigenvalue weighted by Crippen LogP contribution is 2.32. The van der Waals surface area contributed by atoms with Crippen molar-refractivity contribution >= 4 is 50.7 Å². The van der Waals surface area contributed by atoms with Crippen molar-refractivity contribution in [1.82, 2.24) is 9.66 Å². The third-order valence-electron chi connectivity index (χ3n) is 4.90. The summed E-state index contributed by atoms with van der Waals surface area (Å²) in [5.74, 6) is 5.75. The van der Waals surface area contributed by atoms with Gasteiger partial charge in [0.25, 0.3) is 5.56 Å². The lowest BCUT2D eigenvalue weighted by Crippen LogP contribution is -2.31. The molecule has 0 spiro atoms. The summed E-state index contributed by atoms with van der Waals surface area (Å²) in [6.07, 6.45) is 0. The quantitative estimate of drug-likeness (QED) is 0.192. The van der Waals surface area contributed by atoms with Crippen LogP contribution in [0.5, 0.6) is 0 Å². The number of carbonyl (C=O) groups is 2. The van der Waals surface area contributed by atoms with Crippen LogP contribution >= 0.6 is 23.1 Å². The Morgan fingerprint density at radius 2 is 1.81 bits per heavy atom. The van der Waals surface area contributed by atoms with Gasteiger partial charge in [-0.3, -0.25) is 14.4 Å². The largest absolute Gasteiger partial charge is 0.334 e. The fourth-order valence-corrected chi connectivity index (χ4v) is 4.96. The Hall–Kier alpha value is -3.43. The fraction of sp³-hybridized carbons (Fsp3) is 0.130. The molecule has 1 amide bonds. The van der Waals surface area contributed by atoms with E-state index in [-0.39, 0.29) is 22.4 Å². The highest BCUT2D eigenvalue weighted by atomic mass is 32.2. The molecule has 0 aliphatic rings. The number of nitrogens with two attached hydrogens (primary N) is 1. The topological polar surface area (TPSA) is 107 Å². The minimum atomic E-state index is -0.560. The molecule has 7 nitrogen and oxygen atoms in total. The smallest absolute Gasteiger partial charge is 0.282 e. The lowest BCUT2D eigenvalue weighted by atomic mass is 10.1. The first kappa shape index (κ1) is 21.8. The number of carbonyl (C=O) groups excluding carboxylic acids is 2. The zero-order valence-electron chi connectivity index (χ0n) is 17.4. The minimum absolute atomic E-state index is 0.0433. The van der Waals surface area contributed by atoms with Gasteiger partial charge in [0.05, 0.1) is 10.6 Å². The van der Waals surface area contributed by atoms with Crippen molar-refractivity contribution in [2.75, 3.05) is 11.2 Å². The number of hydrogen-bond acceptors (Lipinski definition) is 7. The summed E-state index contributed by atoms with van der Waals surface area (Å²) in [6, 6.07) is 16.2. The average molecular weight is 465 g/mol. The van der Waals surface area contributed by atoms with Crippen LogP contribution in [0.25, 0.3) is 21.3 Å². The van der Waals surface area contributed by atoms with Gasteiger partial charge in [-0.05, 0) is 43.7 Å². The van der Waals surface area contributed by atoms with Crippen LogP contribution in [0, 0.1) is 0 Å². The Balaban J connectivity index is 1.56. The molecule has 0 aliphatic heterocycles. The Morgan fingerprint density at radius 3 is 2.47 bits per heavy atom. The molecule has 0 radical (unpaired) electrons. The van der Waals surface area contributed by atoms with Gasteiger partial charge in [-0.2, -0.15) is 0 Å². The molecule has 1 atom stereocenters. The van der Waals surface area contributed by atoms with Crippen molar-refractivity contribution in [2.45, 2.75) is 24.3 Å².